The molecule has 0 aliphatic carbocycles. The first-order chi connectivity index (χ1) is 15.9. The molecule has 34 heavy (non-hydrogen) atoms. The fourth-order valence-corrected chi connectivity index (χ4v) is 5.45. The van der Waals surface area contributed by atoms with Crippen LogP contribution in [0.5, 0.6) is 0 Å². The molecular formula is C25H44N4O5. The molecule has 0 radical (unpaired) electrons. The lowest BCUT2D eigenvalue weighted by Gasteiger charge is -2.54. The third-order valence-electron chi connectivity index (χ3n) is 7.00. The molecule has 1 N–H and O–H groups in total. The minimum atomic E-state index is -0.754. The van der Waals surface area contributed by atoms with Crippen LogP contribution in [0, 0.1) is 11.3 Å². The van der Waals surface area contributed by atoms with Gasteiger partial charge in [-0.3, -0.25) is 19.2 Å². The average Bonchev–Trinajstić information content (AvgIpc) is 3.19. The molecule has 3 saturated heterocycles. The van der Waals surface area contributed by atoms with Gasteiger partial charge in [-0.25, -0.2) is 0 Å². The van der Waals surface area contributed by atoms with Gasteiger partial charge in [0.05, 0.1) is 6.54 Å². The third-order valence-corrected chi connectivity index (χ3v) is 7.00. The molecule has 0 unspecified atom stereocenters. The number of piperazine rings is 1. The number of carbonyl (C=O) groups is 3. The molecule has 0 bridgehead atoms. The number of hydrogen-bond acceptors (Lipinski definition) is 6. The largest absolute Gasteiger partial charge is 0.396 e. The summed E-state index contributed by atoms with van der Waals surface area (Å²) in [6.07, 6.45) is 2.23. The molecule has 0 aromatic rings. The Labute approximate surface area is 204 Å². The molecule has 0 aromatic heterocycles. The molecule has 194 valence electrons. The maximum atomic E-state index is 13.9. The zero-order valence-electron chi connectivity index (χ0n) is 21.8. The number of unbranched alkanes of at least 4 members (excludes halogenated alkanes) is 1. The second kappa shape index (κ2) is 10.9. The molecule has 3 aliphatic rings. The van der Waals surface area contributed by atoms with E-state index >= 15 is 0 Å². The fraction of sp³-hybridized carbons (Fsp3) is 0.880. The highest BCUT2D eigenvalue weighted by molar-refractivity contribution is 5.92. The topological polar surface area (TPSA) is 93.6 Å². The quantitative estimate of drug-likeness (QED) is 0.533. The van der Waals surface area contributed by atoms with Gasteiger partial charge in [0, 0.05) is 32.7 Å². The average molecular weight is 481 g/mol. The van der Waals surface area contributed by atoms with Gasteiger partial charge in [-0.05, 0) is 50.0 Å². The van der Waals surface area contributed by atoms with E-state index in [0.717, 1.165) is 38.9 Å². The third kappa shape index (κ3) is 6.10. The summed E-state index contributed by atoms with van der Waals surface area (Å²) in [5, 5.41) is 10.4. The first-order valence-corrected chi connectivity index (χ1v) is 12.9. The number of likely N-dealkylation sites (tertiary alicyclic amines) is 1. The van der Waals surface area contributed by atoms with Crippen molar-refractivity contribution in [2.75, 3.05) is 32.8 Å². The van der Waals surface area contributed by atoms with Crippen molar-refractivity contribution >= 4 is 17.7 Å². The monoisotopic (exact) mass is 480 g/mol. The van der Waals surface area contributed by atoms with Crippen molar-refractivity contribution in [3.8, 4) is 0 Å². The SMILES string of the molecule is CC(=O)N1O[C@H](CC(C)C)C(=O)N2[C@@H]1CN([C@@H]1CCN(CCCCO)C1)C(=O)[C@@H]2CC(C)(C)C. The fourth-order valence-electron chi connectivity index (χ4n) is 5.45. The maximum Gasteiger partial charge on any atom is 0.256 e. The summed E-state index contributed by atoms with van der Waals surface area (Å²) in [6, 6.07) is -0.571. The summed E-state index contributed by atoms with van der Waals surface area (Å²) in [5.41, 5.74) is -0.174. The standard InChI is InChI=1S/C25H44N4O5/c1-17(2)13-21-24(33)28-20(14-25(4,5)6)23(32)27(16-22(28)29(34-21)18(3)31)19-9-11-26(15-19)10-7-8-12-30/h17,19-22,30H,7-16H2,1-6H3/t19-,20+,21-,22+/m1/s1. The van der Waals surface area contributed by atoms with E-state index < -0.39 is 18.3 Å². The van der Waals surface area contributed by atoms with E-state index in [0.29, 0.717) is 12.8 Å². The Morgan fingerprint density at radius 3 is 2.44 bits per heavy atom. The molecule has 4 atom stereocenters. The number of nitrogens with zero attached hydrogens (tertiary/aromatic N) is 4. The molecule has 0 saturated carbocycles. The van der Waals surface area contributed by atoms with Gasteiger partial charge >= 0.3 is 0 Å². The van der Waals surface area contributed by atoms with Crippen LogP contribution in [0.2, 0.25) is 0 Å². The number of hydroxylamine groups is 2. The zero-order chi connectivity index (χ0) is 25.2. The number of carbonyl (C=O) groups excluding carboxylic acids is 3. The first-order valence-electron chi connectivity index (χ1n) is 12.9. The maximum absolute atomic E-state index is 13.9. The number of rotatable bonds is 8. The van der Waals surface area contributed by atoms with E-state index in [2.05, 4.69) is 25.7 Å². The van der Waals surface area contributed by atoms with Crippen LogP contribution in [0.4, 0.5) is 0 Å². The van der Waals surface area contributed by atoms with Crippen LogP contribution in [0.15, 0.2) is 0 Å². The van der Waals surface area contributed by atoms with Crippen molar-refractivity contribution in [1.82, 2.24) is 19.8 Å². The molecule has 3 amide bonds. The second-order valence-electron chi connectivity index (χ2n) is 11.7. The van der Waals surface area contributed by atoms with Gasteiger partial charge in [0.15, 0.2) is 12.3 Å². The molecule has 9 heteroatoms. The van der Waals surface area contributed by atoms with Crippen molar-refractivity contribution in [1.29, 1.82) is 0 Å². The van der Waals surface area contributed by atoms with Gasteiger partial charge in [-0.1, -0.05) is 34.6 Å². The predicted molar refractivity (Wildman–Crippen MR) is 128 cm³/mol. The van der Waals surface area contributed by atoms with Gasteiger partial charge in [0.1, 0.15) is 6.04 Å². The number of hydrogen-bond donors (Lipinski definition) is 1. The zero-order valence-corrected chi connectivity index (χ0v) is 21.8. The lowest BCUT2D eigenvalue weighted by atomic mass is 9.85. The Bertz CT molecular complexity index is 752. The molecule has 0 aromatic carbocycles. The number of fused-ring (bicyclic) bond motifs is 1. The molecule has 9 nitrogen and oxygen atoms in total. The molecular weight excluding hydrogens is 436 g/mol. The Balaban J connectivity index is 1.88. The van der Waals surface area contributed by atoms with Crippen molar-refractivity contribution in [3.05, 3.63) is 0 Å². The highest BCUT2D eigenvalue weighted by atomic mass is 16.7. The van der Waals surface area contributed by atoms with Crippen LogP contribution < -0.4 is 0 Å². The van der Waals surface area contributed by atoms with Crippen LogP contribution in [0.3, 0.4) is 0 Å². The molecule has 3 fully saturated rings. The van der Waals surface area contributed by atoms with Crippen LogP contribution >= 0.6 is 0 Å². The van der Waals surface area contributed by atoms with E-state index in [4.69, 9.17) is 9.94 Å². The van der Waals surface area contributed by atoms with Crippen LogP contribution in [0.25, 0.3) is 0 Å². The summed E-state index contributed by atoms with van der Waals surface area (Å²) >= 11 is 0. The van der Waals surface area contributed by atoms with Crippen molar-refractivity contribution in [2.24, 2.45) is 11.3 Å². The highest BCUT2D eigenvalue weighted by Gasteiger charge is 2.54. The van der Waals surface area contributed by atoms with E-state index in [-0.39, 0.29) is 48.2 Å². The number of amides is 3. The Hall–Kier alpha value is -1.71. The molecule has 3 heterocycles. The lowest BCUT2D eigenvalue weighted by molar-refractivity contribution is -0.277. The summed E-state index contributed by atoms with van der Waals surface area (Å²) < 4.78 is 0. The number of aliphatic hydroxyl groups is 1. The van der Waals surface area contributed by atoms with Crippen molar-refractivity contribution < 1.29 is 24.3 Å². The predicted octanol–water partition coefficient (Wildman–Crippen LogP) is 1.84. The summed E-state index contributed by atoms with van der Waals surface area (Å²) in [4.78, 5) is 52.0. The Kier molecular flexibility index (Phi) is 8.63. The molecule has 3 rings (SSSR count). The Morgan fingerprint density at radius 1 is 1.15 bits per heavy atom. The lowest BCUT2D eigenvalue weighted by Crippen LogP contribution is -2.74. The Morgan fingerprint density at radius 2 is 1.85 bits per heavy atom. The minimum absolute atomic E-state index is 0.0181. The van der Waals surface area contributed by atoms with Crippen LogP contribution in [-0.2, 0) is 19.2 Å². The van der Waals surface area contributed by atoms with E-state index in [1.165, 1.54) is 12.0 Å². The van der Waals surface area contributed by atoms with E-state index in [1.807, 2.05) is 18.7 Å². The van der Waals surface area contributed by atoms with Gasteiger partial charge in [0.2, 0.25) is 11.8 Å². The van der Waals surface area contributed by atoms with Gasteiger partial charge < -0.3 is 19.8 Å². The van der Waals surface area contributed by atoms with Gasteiger partial charge in [-0.15, -0.1) is 0 Å². The smallest absolute Gasteiger partial charge is 0.256 e. The number of aliphatic hydroxyl groups excluding tert-OH is 1. The molecule has 0 spiro atoms. The summed E-state index contributed by atoms with van der Waals surface area (Å²) in [7, 11) is 0. The van der Waals surface area contributed by atoms with Crippen molar-refractivity contribution in [2.45, 2.75) is 98.0 Å². The van der Waals surface area contributed by atoms with Crippen LogP contribution in [0.1, 0.15) is 73.6 Å². The van der Waals surface area contributed by atoms with Gasteiger partial charge in [-0.2, -0.15) is 5.06 Å². The van der Waals surface area contributed by atoms with Gasteiger partial charge in [0.25, 0.3) is 5.91 Å². The first kappa shape index (κ1) is 26.9. The van der Waals surface area contributed by atoms with E-state index in [1.54, 1.807) is 4.90 Å². The summed E-state index contributed by atoms with van der Waals surface area (Å²) in [5.74, 6) is -0.240. The highest BCUT2D eigenvalue weighted by Crippen LogP contribution is 2.36. The summed E-state index contributed by atoms with van der Waals surface area (Å²) in [6.45, 7) is 14.8. The minimum Gasteiger partial charge on any atom is -0.396 e. The van der Waals surface area contributed by atoms with E-state index in [9.17, 15) is 14.4 Å². The molecule has 3 aliphatic heterocycles. The van der Waals surface area contributed by atoms with Crippen molar-refractivity contribution in [3.63, 3.8) is 0 Å². The second-order valence-corrected chi connectivity index (χ2v) is 11.7. The van der Waals surface area contributed by atoms with Crippen LogP contribution in [-0.4, -0.2) is 99.7 Å². The normalized spacial score (nSPS) is 28.8.